The number of carbonyl (C=O) groups is 1. The third kappa shape index (κ3) is 4.33. The predicted octanol–water partition coefficient (Wildman–Crippen LogP) is 4.74. The molecule has 0 saturated carbocycles. The van der Waals surface area contributed by atoms with Crippen molar-refractivity contribution < 1.29 is 9.18 Å². The van der Waals surface area contributed by atoms with Crippen molar-refractivity contribution in [1.82, 2.24) is 4.98 Å². The van der Waals surface area contributed by atoms with Crippen molar-refractivity contribution in [2.24, 2.45) is 0 Å². The Morgan fingerprint density at radius 2 is 1.76 bits per heavy atom. The Morgan fingerprint density at radius 3 is 2.44 bits per heavy atom. The van der Waals surface area contributed by atoms with Gasteiger partial charge >= 0.3 is 0 Å². The fourth-order valence-electron chi connectivity index (χ4n) is 2.28. The van der Waals surface area contributed by atoms with Crippen LogP contribution in [0.5, 0.6) is 0 Å². The molecule has 0 spiro atoms. The minimum absolute atomic E-state index is 0.0751. The molecule has 126 valence electrons. The number of hydrogen-bond donors (Lipinski definition) is 2. The fraction of sp³-hybridized carbons (Fsp3) is 0.0526. The van der Waals surface area contributed by atoms with Crippen molar-refractivity contribution in [2.75, 3.05) is 10.6 Å². The Kier molecular flexibility index (Phi) is 5.26. The zero-order valence-electron chi connectivity index (χ0n) is 13.2. The molecule has 0 aliphatic rings. The predicted molar refractivity (Wildman–Crippen MR) is 97.4 cm³/mol. The summed E-state index contributed by atoms with van der Waals surface area (Å²) in [7, 11) is 0. The molecule has 6 heteroatoms. The number of hydrogen-bond acceptors (Lipinski definition) is 3. The van der Waals surface area contributed by atoms with Gasteiger partial charge in [0.15, 0.2) is 0 Å². The van der Waals surface area contributed by atoms with Crippen molar-refractivity contribution in [3.8, 4) is 0 Å². The van der Waals surface area contributed by atoms with Gasteiger partial charge in [0, 0.05) is 17.6 Å². The first-order valence-electron chi connectivity index (χ1n) is 7.63. The molecule has 0 aliphatic carbocycles. The highest BCUT2D eigenvalue weighted by Gasteiger charge is 2.15. The van der Waals surface area contributed by atoms with E-state index in [0.717, 1.165) is 11.4 Å². The van der Waals surface area contributed by atoms with Crippen molar-refractivity contribution in [2.45, 2.75) is 6.54 Å². The minimum Gasteiger partial charge on any atom is -0.379 e. The van der Waals surface area contributed by atoms with E-state index in [4.69, 9.17) is 11.6 Å². The standard InChI is InChI=1S/C19H15ClFN3O/c20-16-5-3-6-17(21)18(16)19(25)24-14-9-7-13(8-10-14)23-12-15-4-1-2-11-22-15/h1-11,23H,12H2,(H,24,25). The molecule has 3 aromatic rings. The number of carbonyl (C=O) groups excluding carboxylic acids is 1. The minimum atomic E-state index is -0.654. The van der Waals surface area contributed by atoms with Crippen LogP contribution < -0.4 is 10.6 Å². The number of benzene rings is 2. The summed E-state index contributed by atoms with van der Waals surface area (Å²) >= 11 is 5.90. The zero-order valence-corrected chi connectivity index (χ0v) is 13.9. The highest BCUT2D eigenvalue weighted by Crippen LogP contribution is 2.21. The summed E-state index contributed by atoms with van der Waals surface area (Å²) in [5.41, 5.74) is 2.19. The Bertz CT molecular complexity index is 849. The van der Waals surface area contributed by atoms with Gasteiger partial charge in [-0.05, 0) is 48.5 Å². The lowest BCUT2D eigenvalue weighted by Crippen LogP contribution is -2.14. The lowest BCUT2D eigenvalue weighted by atomic mass is 10.2. The van der Waals surface area contributed by atoms with Crippen LogP contribution in [0.3, 0.4) is 0 Å². The SMILES string of the molecule is O=C(Nc1ccc(NCc2ccccn2)cc1)c1c(F)cccc1Cl. The average Bonchev–Trinajstić information content (AvgIpc) is 2.62. The molecule has 0 saturated heterocycles. The van der Waals surface area contributed by atoms with E-state index in [1.807, 2.05) is 30.3 Å². The molecule has 25 heavy (non-hydrogen) atoms. The summed E-state index contributed by atoms with van der Waals surface area (Å²) in [6.07, 6.45) is 1.74. The Labute approximate surface area is 149 Å². The number of rotatable bonds is 5. The van der Waals surface area contributed by atoms with E-state index in [1.165, 1.54) is 18.2 Å². The molecule has 4 nitrogen and oxygen atoms in total. The fourth-order valence-corrected chi connectivity index (χ4v) is 2.52. The Morgan fingerprint density at radius 1 is 1.00 bits per heavy atom. The normalized spacial score (nSPS) is 10.3. The van der Waals surface area contributed by atoms with Crippen molar-refractivity contribution in [1.29, 1.82) is 0 Å². The third-order valence-corrected chi connectivity index (χ3v) is 3.85. The van der Waals surface area contributed by atoms with Gasteiger partial charge < -0.3 is 10.6 Å². The van der Waals surface area contributed by atoms with E-state index in [9.17, 15) is 9.18 Å². The first-order chi connectivity index (χ1) is 12.1. The van der Waals surface area contributed by atoms with Gasteiger partial charge in [0.2, 0.25) is 0 Å². The molecule has 2 aromatic carbocycles. The highest BCUT2D eigenvalue weighted by molar-refractivity contribution is 6.34. The molecule has 3 rings (SSSR count). The van der Waals surface area contributed by atoms with Crippen LogP contribution >= 0.6 is 11.6 Å². The summed E-state index contributed by atoms with van der Waals surface area (Å²) in [4.78, 5) is 16.4. The summed E-state index contributed by atoms with van der Waals surface area (Å²) in [5, 5.41) is 5.95. The van der Waals surface area contributed by atoms with Crippen LogP contribution in [0, 0.1) is 5.82 Å². The van der Waals surface area contributed by atoms with Crippen LogP contribution in [-0.4, -0.2) is 10.9 Å². The van der Waals surface area contributed by atoms with Gasteiger partial charge in [-0.3, -0.25) is 9.78 Å². The van der Waals surface area contributed by atoms with Gasteiger partial charge in [-0.15, -0.1) is 0 Å². The number of amides is 1. The van der Waals surface area contributed by atoms with E-state index in [0.29, 0.717) is 12.2 Å². The van der Waals surface area contributed by atoms with Crippen LogP contribution in [0.4, 0.5) is 15.8 Å². The van der Waals surface area contributed by atoms with Crippen molar-refractivity contribution in [3.63, 3.8) is 0 Å². The second kappa shape index (κ2) is 7.77. The van der Waals surface area contributed by atoms with Gasteiger partial charge in [-0.1, -0.05) is 23.7 Å². The zero-order chi connectivity index (χ0) is 17.6. The summed E-state index contributed by atoms with van der Waals surface area (Å²) in [6, 6.07) is 17.0. The molecule has 0 unspecified atom stereocenters. The summed E-state index contributed by atoms with van der Waals surface area (Å²) in [6.45, 7) is 0.595. The number of pyridine rings is 1. The Hall–Kier alpha value is -2.92. The van der Waals surface area contributed by atoms with Crippen LogP contribution in [0.25, 0.3) is 0 Å². The number of aromatic nitrogens is 1. The van der Waals surface area contributed by atoms with Gasteiger partial charge in [-0.25, -0.2) is 4.39 Å². The van der Waals surface area contributed by atoms with Crippen LogP contribution in [0.15, 0.2) is 66.9 Å². The molecule has 0 aliphatic heterocycles. The van der Waals surface area contributed by atoms with Crippen LogP contribution in [-0.2, 0) is 6.54 Å². The first-order valence-corrected chi connectivity index (χ1v) is 8.00. The van der Waals surface area contributed by atoms with E-state index >= 15 is 0 Å². The lowest BCUT2D eigenvalue weighted by Gasteiger charge is -2.09. The molecule has 2 N–H and O–H groups in total. The molecule has 1 heterocycles. The number of halogens is 2. The van der Waals surface area contributed by atoms with Crippen LogP contribution in [0.2, 0.25) is 5.02 Å². The number of nitrogens with one attached hydrogen (secondary N) is 2. The molecular formula is C19H15ClFN3O. The van der Waals surface area contributed by atoms with E-state index in [2.05, 4.69) is 15.6 Å². The van der Waals surface area contributed by atoms with E-state index < -0.39 is 11.7 Å². The molecule has 0 atom stereocenters. The molecule has 0 fully saturated rings. The highest BCUT2D eigenvalue weighted by atomic mass is 35.5. The van der Waals surface area contributed by atoms with Crippen molar-refractivity contribution >= 4 is 28.9 Å². The first kappa shape index (κ1) is 16.9. The van der Waals surface area contributed by atoms with Gasteiger partial charge in [0.25, 0.3) is 5.91 Å². The number of anilines is 2. The maximum Gasteiger partial charge on any atom is 0.260 e. The van der Waals surface area contributed by atoms with Crippen molar-refractivity contribution in [3.05, 3.63) is 89.0 Å². The van der Waals surface area contributed by atoms with Gasteiger partial charge in [-0.2, -0.15) is 0 Å². The second-order valence-corrected chi connectivity index (χ2v) is 5.71. The summed E-state index contributed by atoms with van der Waals surface area (Å²) < 4.78 is 13.8. The number of nitrogens with zero attached hydrogens (tertiary/aromatic N) is 1. The quantitative estimate of drug-likeness (QED) is 0.695. The molecular weight excluding hydrogens is 341 g/mol. The van der Waals surface area contributed by atoms with E-state index in [1.54, 1.807) is 18.3 Å². The molecule has 1 aromatic heterocycles. The second-order valence-electron chi connectivity index (χ2n) is 5.30. The Balaban J connectivity index is 1.63. The lowest BCUT2D eigenvalue weighted by molar-refractivity contribution is 0.102. The molecule has 1 amide bonds. The van der Waals surface area contributed by atoms with Crippen LogP contribution in [0.1, 0.15) is 16.1 Å². The topological polar surface area (TPSA) is 54.0 Å². The van der Waals surface area contributed by atoms with Gasteiger partial charge in [0.05, 0.1) is 22.8 Å². The summed E-state index contributed by atoms with van der Waals surface area (Å²) in [5.74, 6) is -1.24. The molecule has 0 radical (unpaired) electrons. The monoisotopic (exact) mass is 355 g/mol. The van der Waals surface area contributed by atoms with E-state index in [-0.39, 0.29) is 10.6 Å². The maximum absolute atomic E-state index is 13.8. The maximum atomic E-state index is 13.8. The largest absolute Gasteiger partial charge is 0.379 e. The smallest absolute Gasteiger partial charge is 0.260 e. The average molecular weight is 356 g/mol. The third-order valence-electron chi connectivity index (χ3n) is 3.53. The molecule has 0 bridgehead atoms. The van der Waals surface area contributed by atoms with Gasteiger partial charge in [0.1, 0.15) is 5.82 Å².